The number of halogens is 1. The first-order valence-electron chi connectivity index (χ1n) is 10.6. The van der Waals surface area contributed by atoms with Gasteiger partial charge in [-0.15, -0.1) is 0 Å². The van der Waals surface area contributed by atoms with Gasteiger partial charge in [0.1, 0.15) is 0 Å². The number of amides is 1. The van der Waals surface area contributed by atoms with E-state index >= 15 is 0 Å². The third kappa shape index (κ3) is 5.54. The highest BCUT2D eigenvalue weighted by Gasteiger charge is 2.17. The number of ether oxygens (including phenoxy) is 1. The van der Waals surface area contributed by atoms with Crippen LogP contribution in [0.15, 0.2) is 67.0 Å². The number of aliphatic hydroxyl groups is 1. The van der Waals surface area contributed by atoms with Crippen LogP contribution in [-0.2, 0) is 0 Å². The quantitative estimate of drug-likeness (QED) is 0.287. The molecule has 0 radical (unpaired) electrons. The van der Waals surface area contributed by atoms with Gasteiger partial charge in [0, 0.05) is 34.7 Å². The lowest BCUT2D eigenvalue weighted by Crippen LogP contribution is -2.33. The first-order valence-corrected chi connectivity index (χ1v) is 11.0. The van der Waals surface area contributed by atoms with Crippen LogP contribution in [0, 0.1) is 13.8 Å². The second-order valence-electron chi connectivity index (χ2n) is 7.74. The van der Waals surface area contributed by atoms with Gasteiger partial charge in [-0.2, -0.15) is 0 Å². The van der Waals surface area contributed by atoms with Crippen LogP contribution in [0.4, 0.5) is 16.4 Å². The topological polar surface area (TPSA) is 112 Å². The van der Waals surface area contributed by atoms with Crippen molar-refractivity contribution >= 4 is 29.3 Å². The fraction of sp³-hybridized carbons (Fsp3) is 0.160. The average molecular weight is 478 g/mol. The van der Waals surface area contributed by atoms with Crippen molar-refractivity contribution in [3.05, 3.63) is 88.7 Å². The van der Waals surface area contributed by atoms with Gasteiger partial charge in [0.05, 0.1) is 18.3 Å². The Balaban J connectivity index is 1.46. The van der Waals surface area contributed by atoms with Crippen molar-refractivity contribution in [1.82, 2.24) is 20.3 Å². The number of carbonyl (C=O) groups is 1. The monoisotopic (exact) mass is 477 g/mol. The zero-order valence-electron chi connectivity index (χ0n) is 18.7. The van der Waals surface area contributed by atoms with Gasteiger partial charge in [0.15, 0.2) is 0 Å². The molecule has 2 aromatic carbocycles. The van der Waals surface area contributed by atoms with E-state index in [0.29, 0.717) is 22.2 Å². The predicted octanol–water partition coefficient (Wildman–Crippen LogP) is 5.31. The van der Waals surface area contributed by atoms with E-state index in [4.69, 9.17) is 16.3 Å². The number of aryl methyl sites for hydroxylation is 2. The maximum Gasteiger partial charge on any atom is 0.414 e. The summed E-state index contributed by atoms with van der Waals surface area (Å²) in [6.45, 7) is 3.61. The van der Waals surface area contributed by atoms with Crippen molar-refractivity contribution in [3.8, 4) is 17.1 Å². The van der Waals surface area contributed by atoms with Gasteiger partial charge < -0.3 is 25.5 Å². The predicted molar refractivity (Wildman–Crippen MR) is 131 cm³/mol. The fourth-order valence-corrected chi connectivity index (χ4v) is 3.63. The zero-order chi connectivity index (χ0) is 24.1. The Kier molecular flexibility index (Phi) is 7.10. The van der Waals surface area contributed by atoms with E-state index in [1.165, 1.54) is 0 Å². The Morgan fingerprint density at radius 2 is 1.97 bits per heavy atom. The van der Waals surface area contributed by atoms with E-state index in [1.54, 1.807) is 42.7 Å². The molecule has 0 saturated carbocycles. The molecule has 1 amide bonds. The van der Waals surface area contributed by atoms with Crippen LogP contribution in [0.5, 0.6) is 5.88 Å². The van der Waals surface area contributed by atoms with Crippen LogP contribution in [0.3, 0.4) is 0 Å². The van der Waals surface area contributed by atoms with Crippen LogP contribution >= 0.6 is 11.6 Å². The number of rotatable bonds is 7. The molecule has 9 heteroatoms. The summed E-state index contributed by atoms with van der Waals surface area (Å²) in [5.41, 5.74) is 4.98. The molecular formula is C25H24ClN5O3. The zero-order valence-corrected chi connectivity index (χ0v) is 19.4. The van der Waals surface area contributed by atoms with Crippen molar-refractivity contribution in [1.29, 1.82) is 0 Å². The van der Waals surface area contributed by atoms with Crippen molar-refractivity contribution in [2.24, 2.45) is 0 Å². The van der Waals surface area contributed by atoms with Gasteiger partial charge in [-0.3, -0.25) is 0 Å². The molecule has 2 aromatic heterocycles. The SMILES string of the molecule is Cc1ccccc1Nc1ncc(C)c(-c2c[nH]c(OC(=O)NC(CO)c3cccc(Cl)c3)c2)n1. The number of nitrogens with zero attached hydrogens (tertiary/aromatic N) is 2. The summed E-state index contributed by atoms with van der Waals surface area (Å²) in [5, 5.41) is 16.1. The highest BCUT2D eigenvalue weighted by molar-refractivity contribution is 6.30. The molecule has 1 unspecified atom stereocenters. The number of carbonyl (C=O) groups excluding carboxylic acids is 1. The summed E-state index contributed by atoms with van der Waals surface area (Å²) < 4.78 is 5.37. The lowest BCUT2D eigenvalue weighted by molar-refractivity contribution is 0.182. The van der Waals surface area contributed by atoms with Gasteiger partial charge in [0.2, 0.25) is 11.8 Å². The van der Waals surface area contributed by atoms with Crippen LogP contribution in [0.1, 0.15) is 22.7 Å². The summed E-state index contributed by atoms with van der Waals surface area (Å²) in [6, 6.07) is 15.8. The number of hydrogen-bond acceptors (Lipinski definition) is 6. The fourth-order valence-electron chi connectivity index (χ4n) is 3.43. The molecule has 0 aliphatic rings. The number of aliphatic hydroxyl groups excluding tert-OH is 1. The van der Waals surface area contributed by atoms with Crippen molar-refractivity contribution in [2.45, 2.75) is 19.9 Å². The van der Waals surface area contributed by atoms with E-state index in [0.717, 1.165) is 22.4 Å². The number of benzene rings is 2. The van der Waals surface area contributed by atoms with E-state index in [-0.39, 0.29) is 12.5 Å². The number of hydrogen-bond donors (Lipinski definition) is 4. The standard InChI is InChI=1S/C25H24ClN5O3/c1-15-6-3-4-9-20(15)29-24-28-12-16(2)23(31-24)18-11-22(27-13-18)34-25(33)30-21(14-32)17-7-5-8-19(26)10-17/h3-13,21,27,32H,14H2,1-2H3,(H,30,33)(H,28,29,31). The number of H-pyrrole nitrogens is 1. The van der Waals surface area contributed by atoms with Crippen molar-refractivity contribution in [2.75, 3.05) is 11.9 Å². The van der Waals surface area contributed by atoms with Crippen LogP contribution in [0.2, 0.25) is 5.02 Å². The van der Waals surface area contributed by atoms with Crippen LogP contribution in [-0.4, -0.2) is 32.8 Å². The highest BCUT2D eigenvalue weighted by Crippen LogP contribution is 2.27. The molecule has 2 heterocycles. The maximum atomic E-state index is 12.4. The Morgan fingerprint density at radius 3 is 2.74 bits per heavy atom. The maximum absolute atomic E-state index is 12.4. The first kappa shape index (κ1) is 23.3. The molecule has 0 aliphatic carbocycles. The second-order valence-corrected chi connectivity index (χ2v) is 8.18. The molecular weight excluding hydrogens is 454 g/mol. The molecule has 8 nitrogen and oxygen atoms in total. The molecule has 0 aliphatic heterocycles. The number of aromatic nitrogens is 3. The number of anilines is 2. The van der Waals surface area contributed by atoms with E-state index < -0.39 is 12.1 Å². The molecule has 4 aromatic rings. The summed E-state index contributed by atoms with van der Waals surface area (Å²) in [5.74, 6) is 0.699. The minimum absolute atomic E-state index is 0.238. The summed E-state index contributed by atoms with van der Waals surface area (Å²) in [4.78, 5) is 24.4. The molecule has 1 atom stereocenters. The minimum atomic E-state index is -0.714. The van der Waals surface area contributed by atoms with Gasteiger partial charge in [-0.25, -0.2) is 14.8 Å². The van der Waals surface area contributed by atoms with Gasteiger partial charge in [0.25, 0.3) is 0 Å². The van der Waals surface area contributed by atoms with Gasteiger partial charge in [-0.1, -0.05) is 41.9 Å². The summed E-state index contributed by atoms with van der Waals surface area (Å²) in [7, 11) is 0. The normalized spacial score (nSPS) is 11.6. The molecule has 0 spiro atoms. The second kappa shape index (κ2) is 10.4. The molecule has 4 rings (SSSR count). The summed E-state index contributed by atoms with van der Waals surface area (Å²) >= 11 is 6.00. The van der Waals surface area contributed by atoms with E-state index in [9.17, 15) is 9.90 Å². The smallest absolute Gasteiger partial charge is 0.394 e. The van der Waals surface area contributed by atoms with Crippen LogP contribution < -0.4 is 15.4 Å². The average Bonchev–Trinajstić information content (AvgIpc) is 3.28. The number of aromatic amines is 1. The molecule has 4 N–H and O–H groups in total. The largest absolute Gasteiger partial charge is 0.414 e. The van der Waals surface area contributed by atoms with E-state index in [2.05, 4.69) is 25.6 Å². The third-order valence-electron chi connectivity index (χ3n) is 5.22. The Bertz CT molecular complexity index is 1310. The van der Waals surface area contributed by atoms with Crippen molar-refractivity contribution < 1.29 is 14.6 Å². The van der Waals surface area contributed by atoms with Gasteiger partial charge >= 0.3 is 6.09 Å². The minimum Gasteiger partial charge on any atom is -0.394 e. The lowest BCUT2D eigenvalue weighted by Gasteiger charge is -2.16. The highest BCUT2D eigenvalue weighted by atomic mass is 35.5. The number of para-hydroxylation sites is 1. The third-order valence-corrected chi connectivity index (χ3v) is 5.46. The molecule has 0 fully saturated rings. The first-order chi connectivity index (χ1) is 16.4. The lowest BCUT2D eigenvalue weighted by atomic mass is 10.1. The Morgan fingerprint density at radius 1 is 1.15 bits per heavy atom. The molecule has 0 bridgehead atoms. The van der Waals surface area contributed by atoms with Gasteiger partial charge in [-0.05, 0) is 48.7 Å². The van der Waals surface area contributed by atoms with Crippen molar-refractivity contribution in [3.63, 3.8) is 0 Å². The van der Waals surface area contributed by atoms with Crippen LogP contribution in [0.25, 0.3) is 11.3 Å². The Labute approximate surface area is 202 Å². The molecule has 0 saturated heterocycles. The molecule has 34 heavy (non-hydrogen) atoms. The van der Waals surface area contributed by atoms with E-state index in [1.807, 2.05) is 38.1 Å². The Hall–Kier alpha value is -3.88. The molecule has 174 valence electrons. The number of nitrogens with one attached hydrogen (secondary N) is 3. The summed E-state index contributed by atoms with van der Waals surface area (Å²) in [6.07, 6.45) is 2.73.